The lowest BCUT2D eigenvalue weighted by Crippen LogP contribution is -2.02. The maximum atomic E-state index is 10.2. The summed E-state index contributed by atoms with van der Waals surface area (Å²) in [5, 5.41) is 10.9. The van der Waals surface area contributed by atoms with Gasteiger partial charge in [-0.3, -0.25) is 0 Å². The Hall–Kier alpha value is -0.830. The third-order valence-corrected chi connectivity index (χ3v) is 3.48. The van der Waals surface area contributed by atoms with E-state index >= 15 is 0 Å². The molecule has 0 aromatic heterocycles. The van der Waals surface area contributed by atoms with Crippen LogP contribution >= 0.6 is 27.5 Å². The van der Waals surface area contributed by atoms with Crippen LogP contribution in [0.1, 0.15) is 22.8 Å². The second-order valence-electron chi connectivity index (χ2n) is 4.41. The highest BCUT2D eigenvalue weighted by atomic mass is 79.9. The Morgan fingerprint density at radius 2 is 2.00 bits per heavy atom. The van der Waals surface area contributed by atoms with Gasteiger partial charge in [-0.05, 0) is 47.9 Å². The van der Waals surface area contributed by atoms with Crippen molar-refractivity contribution in [3.05, 3.63) is 68.7 Å². The average Bonchev–Trinajstić information content (AvgIpc) is 2.27. The summed E-state index contributed by atoms with van der Waals surface area (Å²) in [6.45, 7) is 1.97. The first-order valence-electron chi connectivity index (χ1n) is 5.74. The van der Waals surface area contributed by atoms with Gasteiger partial charge in [-0.15, -0.1) is 0 Å². The first kappa shape index (κ1) is 13.6. The third-order valence-electron chi connectivity index (χ3n) is 2.77. The SMILES string of the molecule is Cc1cc(Cl)cc(C(O)Cc2cccc(Br)c2)c1. The van der Waals surface area contributed by atoms with Gasteiger partial charge in [0.1, 0.15) is 0 Å². The number of rotatable bonds is 3. The maximum Gasteiger partial charge on any atom is 0.0831 e. The van der Waals surface area contributed by atoms with Gasteiger partial charge in [-0.2, -0.15) is 0 Å². The second kappa shape index (κ2) is 5.87. The van der Waals surface area contributed by atoms with Crippen LogP contribution in [0.15, 0.2) is 46.9 Å². The minimum Gasteiger partial charge on any atom is -0.388 e. The summed E-state index contributed by atoms with van der Waals surface area (Å²) < 4.78 is 1.02. The number of aliphatic hydroxyl groups excluding tert-OH is 1. The standard InChI is InChI=1S/C15H14BrClO/c1-10-5-12(9-14(17)6-10)15(18)8-11-3-2-4-13(16)7-11/h2-7,9,15,18H,8H2,1H3. The number of aryl methyl sites for hydroxylation is 1. The molecule has 1 atom stereocenters. The topological polar surface area (TPSA) is 20.2 Å². The van der Waals surface area contributed by atoms with Crippen molar-refractivity contribution in [1.82, 2.24) is 0 Å². The van der Waals surface area contributed by atoms with Gasteiger partial charge >= 0.3 is 0 Å². The molecule has 0 aliphatic carbocycles. The molecule has 1 nitrogen and oxygen atoms in total. The van der Waals surface area contributed by atoms with Crippen LogP contribution in [0.3, 0.4) is 0 Å². The van der Waals surface area contributed by atoms with Gasteiger partial charge in [0.05, 0.1) is 6.10 Å². The van der Waals surface area contributed by atoms with E-state index in [0.717, 1.165) is 21.2 Å². The highest BCUT2D eigenvalue weighted by molar-refractivity contribution is 9.10. The highest BCUT2D eigenvalue weighted by Crippen LogP contribution is 2.24. The quantitative estimate of drug-likeness (QED) is 0.868. The van der Waals surface area contributed by atoms with Crippen LogP contribution in [-0.2, 0) is 6.42 Å². The summed E-state index contributed by atoms with van der Waals surface area (Å²) in [5.41, 5.74) is 3.01. The van der Waals surface area contributed by atoms with E-state index in [0.29, 0.717) is 11.4 Å². The fraction of sp³-hybridized carbons (Fsp3) is 0.200. The number of hydrogen-bond acceptors (Lipinski definition) is 1. The lowest BCUT2D eigenvalue weighted by Gasteiger charge is -2.12. The van der Waals surface area contributed by atoms with Gasteiger partial charge in [0.2, 0.25) is 0 Å². The monoisotopic (exact) mass is 324 g/mol. The lowest BCUT2D eigenvalue weighted by atomic mass is 10.0. The van der Waals surface area contributed by atoms with Crippen LogP contribution < -0.4 is 0 Å². The Labute approximate surface area is 121 Å². The summed E-state index contributed by atoms with van der Waals surface area (Å²) in [6, 6.07) is 13.6. The molecule has 0 heterocycles. The number of aliphatic hydroxyl groups is 1. The minimum absolute atomic E-state index is 0.531. The normalized spacial score (nSPS) is 12.4. The zero-order valence-corrected chi connectivity index (χ0v) is 12.4. The summed E-state index contributed by atoms with van der Waals surface area (Å²) in [7, 11) is 0. The van der Waals surface area contributed by atoms with E-state index < -0.39 is 6.10 Å². The van der Waals surface area contributed by atoms with Gasteiger partial charge in [-0.1, -0.05) is 45.7 Å². The summed E-state index contributed by atoms with van der Waals surface area (Å²) in [4.78, 5) is 0. The molecule has 0 aliphatic heterocycles. The second-order valence-corrected chi connectivity index (χ2v) is 5.76. The first-order chi connectivity index (χ1) is 8.54. The van der Waals surface area contributed by atoms with Crippen molar-refractivity contribution in [2.24, 2.45) is 0 Å². The Morgan fingerprint density at radius 3 is 2.67 bits per heavy atom. The largest absolute Gasteiger partial charge is 0.388 e. The maximum absolute atomic E-state index is 10.2. The van der Waals surface area contributed by atoms with E-state index in [9.17, 15) is 5.11 Å². The highest BCUT2D eigenvalue weighted by Gasteiger charge is 2.10. The molecule has 0 spiro atoms. The van der Waals surface area contributed by atoms with Gasteiger partial charge < -0.3 is 5.11 Å². The fourth-order valence-electron chi connectivity index (χ4n) is 1.96. The number of benzene rings is 2. The molecule has 2 rings (SSSR count). The molecule has 2 aromatic carbocycles. The van der Waals surface area contributed by atoms with E-state index in [1.54, 1.807) is 0 Å². The molecule has 1 unspecified atom stereocenters. The van der Waals surface area contributed by atoms with Crippen molar-refractivity contribution >= 4 is 27.5 Å². The predicted octanol–water partition coefficient (Wildman–Crippen LogP) is 4.69. The van der Waals surface area contributed by atoms with Gasteiger partial charge in [0, 0.05) is 15.9 Å². The molecule has 0 saturated heterocycles. The van der Waals surface area contributed by atoms with Crippen LogP contribution in [-0.4, -0.2) is 5.11 Å². The molecule has 0 bridgehead atoms. The molecule has 0 aliphatic rings. The van der Waals surface area contributed by atoms with Crippen molar-refractivity contribution < 1.29 is 5.11 Å². The molecule has 18 heavy (non-hydrogen) atoms. The molecule has 0 radical (unpaired) electrons. The number of halogens is 2. The predicted molar refractivity (Wildman–Crippen MR) is 79.0 cm³/mol. The third kappa shape index (κ3) is 3.58. The minimum atomic E-state index is -0.531. The van der Waals surface area contributed by atoms with Crippen molar-refractivity contribution in [3.63, 3.8) is 0 Å². The van der Waals surface area contributed by atoms with Crippen molar-refractivity contribution in [3.8, 4) is 0 Å². The molecule has 94 valence electrons. The van der Waals surface area contributed by atoms with Crippen molar-refractivity contribution in [1.29, 1.82) is 0 Å². The molecule has 0 fully saturated rings. The van der Waals surface area contributed by atoms with Crippen LogP contribution in [0.4, 0.5) is 0 Å². The fourth-order valence-corrected chi connectivity index (χ4v) is 2.71. The van der Waals surface area contributed by atoms with Crippen molar-refractivity contribution in [2.45, 2.75) is 19.4 Å². The average molecular weight is 326 g/mol. The van der Waals surface area contributed by atoms with E-state index in [4.69, 9.17) is 11.6 Å². The molecule has 0 amide bonds. The van der Waals surface area contributed by atoms with Crippen molar-refractivity contribution in [2.75, 3.05) is 0 Å². The molecular formula is C15H14BrClO. The van der Waals surface area contributed by atoms with E-state index in [2.05, 4.69) is 15.9 Å². The molecule has 1 N–H and O–H groups in total. The molecule has 2 aromatic rings. The molecule has 3 heteroatoms. The Bertz CT molecular complexity index is 534. The summed E-state index contributed by atoms with van der Waals surface area (Å²) in [5.74, 6) is 0. The first-order valence-corrected chi connectivity index (χ1v) is 6.91. The number of hydrogen-bond donors (Lipinski definition) is 1. The lowest BCUT2D eigenvalue weighted by molar-refractivity contribution is 0.178. The van der Waals surface area contributed by atoms with E-state index in [1.807, 2.05) is 49.4 Å². The van der Waals surface area contributed by atoms with Gasteiger partial charge in [0.15, 0.2) is 0 Å². The summed E-state index contributed by atoms with van der Waals surface area (Å²) in [6.07, 6.45) is 0.0517. The Morgan fingerprint density at radius 1 is 1.22 bits per heavy atom. The summed E-state index contributed by atoms with van der Waals surface area (Å²) >= 11 is 9.43. The van der Waals surface area contributed by atoms with E-state index in [-0.39, 0.29) is 0 Å². The Balaban J connectivity index is 2.19. The Kier molecular flexibility index (Phi) is 4.44. The van der Waals surface area contributed by atoms with Gasteiger partial charge in [-0.25, -0.2) is 0 Å². The molecule has 0 saturated carbocycles. The zero-order valence-electron chi connectivity index (χ0n) is 10.0. The van der Waals surface area contributed by atoms with Crippen LogP contribution in [0.2, 0.25) is 5.02 Å². The van der Waals surface area contributed by atoms with Crippen LogP contribution in [0.25, 0.3) is 0 Å². The van der Waals surface area contributed by atoms with Gasteiger partial charge in [0.25, 0.3) is 0 Å². The molecular weight excluding hydrogens is 312 g/mol. The van der Waals surface area contributed by atoms with E-state index in [1.165, 1.54) is 0 Å². The zero-order chi connectivity index (χ0) is 13.1. The van der Waals surface area contributed by atoms with Crippen LogP contribution in [0.5, 0.6) is 0 Å². The smallest absolute Gasteiger partial charge is 0.0831 e. The van der Waals surface area contributed by atoms with Crippen LogP contribution in [0, 0.1) is 6.92 Å².